The van der Waals surface area contributed by atoms with Crippen LogP contribution < -0.4 is 0 Å². The van der Waals surface area contributed by atoms with Crippen LogP contribution in [0.4, 0.5) is 0 Å². The number of benzene rings is 4. The summed E-state index contributed by atoms with van der Waals surface area (Å²) in [6.45, 7) is 8.64. The van der Waals surface area contributed by atoms with Gasteiger partial charge in [-0.25, -0.2) is 0 Å². The zero-order valence-corrected chi connectivity index (χ0v) is 32.7. The molecule has 0 radical (unpaired) electrons. The Bertz CT molecular complexity index is 2060. The predicted octanol–water partition coefficient (Wildman–Crippen LogP) is 13.3. The zero-order chi connectivity index (χ0) is 34.9. The molecule has 2 atom stereocenters. The van der Waals surface area contributed by atoms with Crippen molar-refractivity contribution in [1.29, 1.82) is 0 Å². The predicted molar refractivity (Wildman–Crippen MR) is 208 cm³/mol. The van der Waals surface area contributed by atoms with Gasteiger partial charge in [-0.1, -0.05) is 0 Å². The summed E-state index contributed by atoms with van der Waals surface area (Å²) in [6.07, 6.45) is 12.2. The monoisotopic (exact) mass is 744 g/mol. The zero-order valence-electron chi connectivity index (χ0n) is 30.3. The second kappa shape index (κ2) is 14.8. The van der Waals surface area contributed by atoms with Crippen LogP contribution in [0.25, 0.3) is 34.4 Å². The summed E-state index contributed by atoms with van der Waals surface area (Å²) in [7, 11) is 0. The van der Waals surface area contributed by atoms with E-state index in [2.05, 4.69) is 149 Å². The van der Waals surface area contributed by atoms with Gasteiger partial charge in [-0.15, -0.1) is 0 Å². The summed E-state index contributed by atoms with van der Waals surface area (Å²) >= 11 is -1.35. The van der Waals surface area contributed by atoms with Crippen LogP contribution in [-0.4, -0.2) is 0 Å². The maximum atomic E-state index is 6.45. The molecule has 0 aliphatic heterocycles. The molecule has 0 bridgehead atoms. The Morgan fingerprint density at radius 1 is 0.510 bits per heavy atom. The minimum absolute atomic E-state index is 0.128. The Balaban J connectivity index is 1.21. The number of allylic oxidation sites excluding steroid dienone is 2. The van der Waals surface area contributed by atoms with E-state index in [1.807, 2.05) is 0 Å². The van der Waals surface area contributed by atoms with Crippen molar-refractivity contribution in [2.75, 3.05) is 0 Å². The Morgan fingerprint density at radius 3 is 1.31 bits per heavy atom. The average molecular weight is 746 g/mol. The summed E-state index contributed by atoms with van der Waals surface area (Å²) < 4.78 is 16.0. The van der Waals surface area contributed by atoms with E-state index in [1.165, 1.54) is 87.9 Å². The van der Waals surface area contributed by atoms with Crippen molar-refractivity contribution in [3.05, 3.63) is 172 Å². The number of hydrogen-bond donors (Lipinski definition) is 0. The van der Waals surface area contributed by atoms with E-state index in [0.717, 1.165) is 35.9 Å². The molecular formula is C48H46O2Zr. The SMILES string of the molecule is CCCCc1ccc(-c2cccc3c2C=[C]([Zr][C]2=Cc4c(-c5ccc(CCCC)cc5)cccc4C2c2ccc(C)o2)C3c2ccc(C)o2)cc1. The van der Waals surface area contributed by atoms with Crippen LogP contribution in [0.1, 0.15) is 108 Å². The molecule has 2 nitrogen and oxygen atoms in total. The number of fused-ring (bicyclic) bond motifs is 2. The summed E-state index contributed by atoms with van der Waals surface area (Å²) in [6, 6.07) is 40.9. The Hall–Kier alpha value is -4.20. The molecule has 8 rings (SSSR count). The maximum absolute atomic E-state index is 6.45. The molecule has 6 aromatic rings. The van der Waals surface area contributed by atoms with E-state index in [4.69, 9.17) is 8.83 Å². The Morgan fingerprint density at radius 2 is 0.941 bits per heavy atom. The first-order chi connectivity index (χ1) is 25.0. The van der Waals surface area contributed by atoms with Gasteiger partial charge in [0.2, 0.25) is 0 Å². The van der Waals surface area contributed by atoms with Crippen LogP contribution in [0, 0.1) is 13.8 Å². The fourth-order valence-electron chi connectivity index (χ4n) is 7.99. The van der Waals surface area contributed by atoms with Crippen LogP contribution in [0.5, 0.6) is 0 Å². The van der Waals surface area contributed by atoms with Crippen molar-refractivity contribution in [3.63, 3.8) is 0 Å². The van der Waals surface area contributed by atoms with Gasteiger partial charge in [0.1, 0.15) is 0 Å². The van der Waals surface area contributed by atoms with Crippen LogP contribution in [0.15, 0.2) is 125 Å². The average Bonchev–Trinajstić information content (AvgIpc) is 3.95. The molecule has 254 valence electrons. The molecular weight excluding hydrogens is 700 g/mol. The number of hydrogen-bond acceptors (Lipinski definition) is 2. The molecule has 2 aromatic heterocycles. The fourth-order valence-corrected chi connectivity index (χ4v) is 12.0. The van der Waals surface area contributed by atoms with Crippen LogP contribution in [0.2, 0.25) is 0 Å². The van der Waals surface area contributed by atoms with E-state index in [-0.39, 0.29) is 11.8 Å². The van der Waals surface area contributed by atoms with Crippen molar-refractivity contribution in [3.8, 4) is 22.3 Å². The van der Waals surface area contributed by atoms with Gasteiger partial charge >= 0.3 is 317 Å². The quantitative estimate of drug-likeness (QED) is 0.125. The van der Waals surface area contributed by atoms with Gasteiger partial charge in [-0.2, -0.15) is 0 Å². The van der Waals surface area contributed by atoms with E-state index < -0.39 is 23.2 Å². The molecule has 0 spiro atoms. The fraction of sp³-hybridized carbons (Fsp3) is 0.250. The molecule has 2 heterocycles. The summed E-state index contributed by atoms with van der Waals surface area (Å²) in [5, 5.41) is 0. The topological polar surface area (TPSA) is 26.3 Å². The Labute approximate surface area is 314 Å². The van der Waals surface area contributed by atoms with Crippen LogP contribution in [0.3, 0.4) is 0 Å². The van der Waals surface area contributed by atoms with Gasteiger partial charge in [0.15, 0.2) is 0 Å². The van der Waals surface area contributed by atoms with E-state index >= 15 is 0 Å². The van der Waals surface area contributed by atoms with Crippen molar-refractivity contribution >= 4 is 12.2 Å². The van der Waals surface area contributed by atoms with Gasteiger partial charge in [-0.3, -0.25) is 0 Å². The first-order valence-corrected chi connectivity index (χ1v) is 21.2. The summed E-state index contributed by atoms with van der Waals surface area (Å²) in [5.41, 5.74) is 13.4. The van der Waals surface area contributed by atoms with Crippen molar-refractivity contribution in [2.45, 2.75) is 78.1 Å². The number of unbranched alkanes of at least 4 members (excludes halogenated alkanes) is 2. The molecule has 0 amide bonds. The van der Waals surface area contributed by atoms with Crippen molar-refractivity contribution in [1.82, 2.24) is 0 Å². The third-order valence-corrected chi connectivity index (χ3v) is 14.2. The summed E-state index contributed by atoms with van der Waals surface area (Å²) in [4.78, 5) is 0. The standard InChI is InChI=1S/2C24H23O.Zr/c2*1-3-4-6-18-10-12-19(13-11-18)20-7-5-8-21-22(20)14-15-23(21)24-16-9-17(2)25-24;/h2*5,7-14,16,23H,3-4,6H2,1-2H3;. The molecule has 2 aliphatic rings. The molecule has 3 heteroatoms. The first kappa shape index (κ1) is 33.9. The van der Waals surface area contributed by atoms with E-state index in [9.17, 15) is 0 Å². The molecule has 0 saturated heterocycles. The van der Waals surface area contributed by atoms with Gasteiger partial charge in [0, 0.05) is 0 Å². The van der Waals surface area contributed by atoms with Crippen LogP contribution in [-0.2, 0) is 36.1 Å². The molecule has 2 unspecified atom stereocenters. The first-order valence-electron chi connectivity index (χ1n) is 18.8. The second-order valence-corrected chi connectivity index (χ2v) is 17.8. The van der Waals surface area contributed by atoms with E-state index in [0.29, 0.717) is 0 Å². The number of furan rings is 2. The van der Waals surface area contributed by atoms with Gasteiger partial charge in [0.25, 0.3) is 0 Å². The van der Waals surface area contributed by atoms with Crippen molar-refractivity contribution in [2.24, 2.45) is 0 Å². The van der Waals surface area contributed by atoms with Gasteiger partial charge in [-0.05, 0) is 0 Å². The number of aryl methyl sites for hydroxylation is 4. The normalized spacial score (nSPS) is 16.2. The molecule has 4 aromatic carbocycles. The number of rotatable bonds is 12. The Kier molecular flexibility index (Phi) is 9.85. The molecule has 0 saturated carbocycles. The van der Waals surface area contributed by atoms with Gasteiger partial charge < -0.3 is 0 Å². The molecule has 0 N–H and O–H groups in total. The van der Waals surface area contributed by atoms with E-state index in [1.54, 1.807) is 0 Å². The summed E-state index contributed by atoms with van der Waals surface area (Å²) in [5.74, 6) is 4.28. The third-order valence-electron chi connectivity index (χ3n) is 10.7. The second-order valence-electron chi connectivity index (χ2n) is 14.3. The van der Waals surface area contributed by atoms with Crippen LogP contribution >= 0.6 is 0 Å². The molecule has 51 heavy (non-hydrogen) atoms. The molecule has 2 aliphatic carbocycles. The molecule has 0 fully saturated rings. The van der Waals surface area contributed by atoms with Gasteiger partial charge in [0.05, 0.1) is 0 Å². The minimum atomic E-state index is -1.35. The third kappa shape index (κ3) is 6.79. The van der Waals surface area contributed by atoms with Crippen molar-refractivity contribution < 1.29 is 32.1 Å².